The van der Waals surface area contributed by atoms with Gasteiger partial charge >= 0.3 is 0 Å². The van der Waals surface area contributed by atoms with Crippen LogP contribution in [0.1, 0.15) is 25.3 Å². The minimum atomic E-state index is -0.0248. The average Bonchev–Trinajstić information content (AvgIpc) is 2.48. The highest BCUT2D eigenvalue weighted by Gasteiger charge is 2.17. The average molecular weight is 329 g/mol. The largest absolute Gasteiger partial charge is 0.491 e. The quantitative estimate of drug-likeness (QED) is 0.842. The van der Waals surface area contributed by atoms with E-state index in [0.717, 1.165) is 30.0 Å². The summed E-state index contributed by atoms with van der Waals surface area (Å²) < 4.78 is 11.1. The van der Waals surface area contributed by atoms with Gasteiger partial charge in [0.15, 0.2) is 0 Å². The number of ether oxygens (including phenoxy) is 2. The number of aryl methyl sites for hydroxylation is 1. The van der Waals surface area contributed by atoms with E-state index in [1.165, 1.54) is 0 Å². The van der Waals surface area contributed by atoms with Crippen molar-refractivity contribution in [2.45, 2.75) is 32.7 Å². The third kappa shape index (κ3) is 5.83. The first kappa shape index (κ1) is 18.7. The summed E-state index contributed by atoms with van der Waals surface area (Å²) in [5.41, 5.74) is 1.84. The van der Waals surface area contributed by atoms with Crippen LogP contribution in [0, 0.1) is 6.92 Å². The van der Waals surface area contributed by atoms with E-state index in [-0.39, 0.29) is 24.4 Å². The van der Waals surface area contributed by atoms with Crippen LogP contribution in [0.25, 0.3) is 0 Å². The molecule has 0 spiro atoms. The predicted octanol–water partition coefficient (Wildman–Crippen LogP) is 2.52. The van der Waals surface area contributed by atoms with Crippen LogP contribution in [0.5, 0.6) is 5.75 Å². The summed E-state index contributed by atoms with van der Waals surface area (Å²) in [7, 11) is 0. The van der Waals surface area contributed by atoms with Gasteiger partial charge in [0.2, 0.25) is 5.91 Å². The van der Waals surface area contributed by atoms with Crippen LogP contribution >= 0.6 is 12.4 Å². The monoisotopic (exact) mass is 328 g/mol. The van der Waals surface area contributed by atoms with Crippen molar-refractivity contribution < 1.29 is 14.3 Å². The molecule has 0 bridgehead atoms. The summed E-state index contributed by atoms with van der Waals surface area (Å²) in [6.45, 7) is 6.81. The molecule has 6 heteroatoms. The number of amides is 1. The summed E-state index contributed by atoms with van der Waals surface area (Å²) >= 11 is 0. The third-order valence-electron chi connectivity index (χ3n) is 3.30. The molecule has 1 atom stereocenters. The first-order valence-corrected chi connectivity index (χ1v) is 7.53. The highest BCUT2D eigenvalue weighted by molar-refractivity contribution is 5.92. The van der Waals surface area contributed by atoms with Crippen molar-refractivity contribution in [2.75, 3.05) is 31.7 Å². The number of halogens is 1. The maximum absolute atomic E-state index is 12.1. The van der Waals surface area contributed by atoms with Crippen molar-refractivity contribution in [3.8, 4) is 5.75 Å². The molecule has 1 saturated heterocycles. The number of benzene rings is 1. The van der Waals surface area contributed by atoms with Gasteiger partial charge in [-0.25, -0.2) is 0 Å². The van der Waals surface area contributed by atoms with Crippen LogP contribution in [0.2, 0.25) is 0 Å². The Kier molecular flexibility index (Phi) is 8.24. The van der Waals surface area contributed by atoms with Crippen LogP contribution in [0.15, 0.2) is 18.2 Å². The number of rotatable bonds is 6. The highest BCUT2D eigenvalue weighted by Crippen LogP contribution is 2.26. The Morgan fingerprint density at radius 3 is 3.00 bits per heavy atom. The fourth-order valence-corrected chi connectivity index (χ4v) is 2.24. The van der Waals surface area contributed by atoms with Crippen molar-refractivity contribution in [3.05, 3.63) is 23.8 Å². The van der Waals surface area contributed by atoms with Gasteiger partial charge < -0.3 is 20.1 Å². The summed E-state index contributed by atoms with van der Waals surface area (Å²) in [6.07, 6.45) is 1.34. The number of nitrogens with one attached hydrogen (secondary N) is 2. The van der Waals surface area contributed by atoms with Gasteiger partial charge in [-0.2, -0.15) is 0 Å². The lowest BCUT2D eigenvalue weighted by molar-refractivity contribution is -0.117. The molecule has 2 rings (SSSR count). The molecule has 124 valence electrons. The molecular formula is C16H25ClN2O3. The van der Waals surface area contributed by atoms with E-state index in [4.69, 9.17) is 9.47 Å². The van der Waals surface area contributed by atoms with E-state index >= 15 is 0 Å². The Morgan fingerprint density at radius 1 is 1.50 bits per heavy atom. The molecule has 2 N–H and O–H groups in total. The molecule has 22 heavy (non-hydrogen) atoms. The minimum absolute atomic E-state index is 0. The van der Waals surface area contributed by atoms with E-state index in [2.05, 4.69) is 17.6 Å². The number of morpholine rings is 1. The molecule has 1 unspecified atom stereocenters. The molecule has 0 aliphatic carbocycles. The van der Waals surface area contributed by atoms with Crippen molar-refractivity contribution in [2.24, 2.45) is 0 Å². The Bertz CT molecular complexity index is 476. The van der Waals surface area contributed by atoms with Crippen LogP contribution in [0.3, 0.4) is 0 Å². The van der Waals surface area contributed by atoms with Crippen LogP contribution in [-0.2, 0) is 9.53 Å². The molecule has 1 aromatic rings. The molecule has 1 fully saturated rings. The van der Waals surface area contributed by atoms with Gasteiger partial charge in [0, 0.05) is 19.0 Å². The van der Waals surface area contributed by atoms with Gasteiger partial charge in [0.1, 0.15) is 5.75 Å². The second-order valence-electron chi connectivity index (χ2n) is 5.33. The van der Waals surface area contributed by atoms with E-state index in [1.54, 1.807) is 0 Å². The Morgan fingerprint density at radius 2 is 2.32 bits per heavy atom. The second kappa shape index (κ2) is 9.66. The van der Waals surface area contributed by atoms with Gasteiger partial charge in [-0.15, -0.1) is 12.4 Å². The molecule has 0 radical (unpaired) electrons. The molecule has 0 saturated carbocycles. The lowest BCUT2D eigenvalue weighted by atomic mass is 10.1. The number of anilines is 1. The number of hydrogen-bond acceptors (Lipinski definition) is 4. The van der Waals surface area contributed by atoms with Gasteiger partial charge in [-0.05, 0) is 31.0 Å². The molecule has 1 amide bonds. The Hall–Kier alpha value is -1.30. The van der Waals surface area contributed by atoms with Crippen LogP contribution in [-0.4, -0.2) is 38.3 Å². The number of carbonyl (C=O) groups excluding carboxylic acids is 1. The molecule has 5 nitrogen and oxygen atoms in total. The molecule has 1 heterocycles. The van der Waals surface area contributed by atoms with E-state index in [9.17, 15) is 4.79 Å². The van der Waals surface area contributed by atoms with Crippen molar-refractivity contribution in [1.82, 2.24) is 5.32 Å². The van der Waals surface area contributed by atoms with Crippen molar-refractivity contribution >= 4 is 24.0 Å². The standard InChI is InChI=1S/C16H24N2O3.ClH/c1-3-7-21-15-9-12(2)4-5-14(15)18-16(19)10-13-11-20-8-6-17-13;/h4-5,9,13,17H,3,6-8,10-11H2,1-2H3,(H,18,19);1H. The summed E-state index contributed by atoms with van der Waals surface area (Å²) in [5, 5.41) is 6.21. The highest BCUT2D eigenvalue weighted by atomic mass is 35.5. The van der Waals surface area contributed by atoms with E-state index in [1.807, 2.05) is 25.1 Å². The molecule has 1 aliphatic rings. The van der Waals surface area contributed by atoms with Gasteiger partial charge in [-0.3, -0.25) is 4.79 Å². The fourth-order valence-electron chi connectivity index (χ4n) is 2.24. The summed E-state index contributed by atoms with van der Waals surface area (Å²) in [5.74, 6) is 0.709. The maximum atomic E-state index is 12.1. The van der Waals surface area contributed by atoms with E-state index in [0.29, 0.717) is 26.2 Å². The Balaban J connectivity index is 0.00000242. The normalized spacial score (nSPS) is 17.5. The number of hydrogen-bond donors (Lipinski definition) is 2. The van der Waals surface area contributed by atoms with Gasteiger partial charge in [0.25, 0.3) is 0 Å². The zero-order valence-corrected chi connectivity index (χ0v) is 14.0. The first-order valence-electron chi connectivity index (χ1n) is 7.53. The minimum Gasteiger partial charge on any atom is -0.491 e. The summed E-state index contributed by atoms with van der Waals surface area (Å²) in [4.78, 5) is 12.1. The lowest BCUT2D eigenvalue weighted by Crippen LogP contribution is -2.43. The van der Waals surface area contributed by atoms with Gasteiger partial charge in [-0.1, -0.05) is 13.0 Å². The topological polar surface area (TPSA) is 59.6 Å². The SMILES string of the molecule is CCCOc1cc(C)ccc1NC(=O)CC1COCCN1.Cl. The second-order valence-corrected chi connectivity index (χ2v) is 5.33. The molecule has 0 aromatic heterocycles. The van der Waals surface area contributed by atoms with Crippen LogP contribution < -0.4 is 15.4 Å². The summed E-state index contributed by atoms with van der Waals surface area (Å²) in [6, 6.07) is 5.90. The lowest BCUT2D eigenvalue weighted by Gasteiger charge is -2.23. The smallest absolute Gasteiger partial charge is 0.226 e. The predicted molar refractivity (Wildman–Crippen MR) is 90.1 cm³/mol. The van der Waals surface area contributed by atoms with E-state index < -0.39 is 0 Å². The number of carbonyl (C=O) groups is 1. The molecule has 1 aromatic carbocycles. The Labute approximate surface area is 138 Å². The van der Waals surface area contributed by atoms with Crippen molar-refractivity contribution in [3.63, 3.8) is 0 Å². The third-order valence-corrected chi connectivity index (χ3v) is 3.30. The van der Waals surface area contributed by atoms with Crippen molar-refractivity contribution in [1.29, 1.82) is 0 Å². The van der Waals surface area contributed by atoms with Gasteiger partial charge in [0.05, 0.1) is 25.5 Å². The molecule has 1 aliphatic heterocycles. The zero-order valence-electron chi connectivity index (χ0n) is 13.2. The fraction of sp³-hybridized carbons (Fsp3) is 0.562. The molecular weight excluding hydrogens is 304 g/mol. The van der Waals surface area contributed by atoms with Crippen LogP contribution in [0.4, 0.5) is 5.69 Å². The maximum Gasteiger partial charge on any atom is 0.226 e. The zero-order chi connectivity index (χ0) is 15.1. The first-order chi connectivity index (χ1) is 10.2.